The first kappa shape index (κ1) is 41.7. The number of rotatable bonds is 16. The summed E-state index contributed by atoms with van der Waals surface area (Å²) in [6.07, 6.45) is 2.62. The Morgan fingerprint density at radius 2 is 1.65 bits per heavy atom. The highest BCUT2D eigenvalue weighted by Crippen LogP contribution is 2.41. The van der Waals surface area contributed by atoms with Gasteiger partial charge < -0.3 is 34.2 Å². The fourth-order valence-corrected chi connectivity index (χ4v) is 8.26. The topological polar surface area (TPSA) is 125 Å². The summed E-state index contributed by atoms with van der Waals surface area (Å²) in [6.45, 7) is 15.9. The van der Waals surface area contributed by atoms with E-state index in [-0.39, 0.29) is 28.6 Å². The van der Waals surface area contributed by atoms with Crippen molar-refractivity contribution in [3.05, 3.63) is 125 Å². The van der Waals surface area contributed by atoms with E-state index >= 15 is 0 Å². The summed E-state index contributed by atoms with van der Waals surface area (Å²) < 4.78 is 18.8. The number of aromatic amines is 1. The van der Waals surface area contributed by atoms with Crippen LogP contribution in [0, 0.1) is 0 Å². The SMILES string of the molecule is CC(C)(C)[Si](C)(C)O[C@@H](CNCCc1ccc(OCCCN2CCC(OC(=O)Nc3ccccc3-c3ccccc3)CC2)cc1)c1ccc(O)c2[nH]c(=O)ccc12. The molecule has 0 radical (unpaired) electrons. The number of benzene rings is 4. The average Bonchev–Trinajstić information content (AvgIpc) is 3.19. The first-order valence-electron chi connectivity index (χ1n) is 20.2. The molecule has 0 spiro atoms. The minimum absolute atomic E-state index is 0.0152. The Balaban J connectivity index is 0.903. The first-order chi connectivity index (χ1) is 27.4. The van der Waals surface area contributed by atoms with E-state index in [1.807, 2.05) is 72.8 Å². The van der Waals surface area contributed by atoms with E-state index in [0.717, 1.165) is 85.4 Å². The van der Waals surface area contributed by atoms with Crippen molar-refractivity contribution >= 4 is 31.0 Å². The molecule has 6 rings (SSSR count). The number of H-pyrrole nitrogens is 1. The van der Waals surface area contributed by atoms with E-state index in [2.05, 4.69) is 66.5 Å². The lowest BCUT2D eigenvalue weighted by Crippen LogP contribution is -2.43. The van der Waals surface area contributed by atoms with Crippen LogP contribution in [0.25, 0.3) is 22.0 Å². The van der Waals surface area contributed by atoms with Gasteiger partial charge in [-0.2, -0.15) is 0 Å². The molecule has 1 aliphatic rings. The highest BCUT2D eigenvalue weighted by Gasteiger charge is 2.39. The molecule has 1 atom stereocenters. The molecular formula is C46H58N4O6Si. The highest BCUT2D eigenvalue weighted by atomic mass is 28.4. The molecule has 0 aliphatic carbocycles. The zero-order valence-corrected chi connectivity index (χ0v) is 35.0. The van der Waals surface area contributed by atoms with E-state index in [9.17, 15) is 14.7 Å². The van der Waals surface area contributed by atoms with Crippen molar-refractivity contribution in [3.8, 4) is 22.6 Å². The molecule has 11 heteroatoms. The van der Waals surface area contributed by atoms with Gasteiger partial charge in [-0.1, -0.05) is 87.5 Å². The number of phenols is 1. The molecule has 1 amide bonds. The molecule has 10 nitrogen and oxygen atoms in total. The Bertz CT molecular complexity index is 2130. The van der Waals surface area contributed by atoms with Gasteiger partial charge in [0.1, 0.15) is 17.6 Å². The number of nitrogens with zero attached hydrogens (tertiary/aromatic N) is 1. The molecule has 4 N–H and O–H groups in total. The number of aromatic nitrogens is 1. The number of para-hydroxylation sites is 1. The number of likely N-dealkylation sites (tertiary alicyclic amines) is 1. The third kappa shape index (κ3) is 11.3. The standard InChI is InChI=1S/C46H58N4O6Si/c1-46(2,3)57(4,5)56-42(38-20-22-41(51)44-39(38)21-23-43(52)49-44)32-47-27-24-33-16-18-35(19-17-33)54-31-11-28-50-29-25-36(26-30-50)55-45(53)48-40-15-10-9-14-37(40)34-12-7-6-8-13-34/h6-10,12-23,36,42,47,51H,11,24-32H2,1-5H3,(H,48,53)(H,49,52)/t42-/m0/s1. The first-order valence-corrected chi connectivity index (χ1v) is 23.1. The van der Waals surface area contributed by atoms with Crippen molar-refractivity contribution < 1.29 is 23.8 Å². The number of carbonyl (C=O) groups excluding carboxylic acids is 1. The summed E-state index contributed by atoms with van der Waals surface area (Å²) in [5, 5.41) is 17.9. The van der Waals surface area contributed by atoms with E-state index in [0.29, 0.717) is 18.7 Å². The van der Waals surface area contributed by atoms with Gasteiger partial charge in [0.2, 0.25) is 5.56 Å². The van der Waals surface area contributed by atoms with Gasteiger partial charge in [-0.3, -0.25) is 10.1 Å². The monoisotopic (exact) mass is 790 g/mol. The van der Waals surface area contributed by atoms with Gasteiger partial charge in [-0.15, -0.1) is 0 Å². The maximum atomic E-state index is 12.8. The van der Waals surface area contributed by atoms with Crippen LogP contribution in [-0.4, -0.2) is 74.8 Å². The minimum Gasteiger partial charge on any atom is -0.506 e. The fourth-order valence-electron chi connectivity index (χ4n) is 6.99. The van der Waals surface area contributed by atoms with Crippen molar-refractivity contribution in [2.24, 2.45) is 0 Å². The van der Waals surface area contributed by atoms with Gasteiger partial charge >= 0.3 is 6.09 Å². The number of aromatic hydroxyl groups is 1. The van der Waals surface area contributed by atoms with E-state index in [4.69, 9.17) is 13.9 Å². The van der Waals surface area contributed by atoms with E-state index < -0.39 is 14.4 Å². The van der Waals surface area contributed by atoms with Gasteiger partial charge in [0.25, 0.3) is 0 Å². The van der Waals surface area contributed by atoms with Crippen molar-refractivity contribution in [1.29, 1.82) is 0 Å². The predicted octanol–water partition coefficient (Wildman–Crippen LogP) is 9.28. The Morgan fingerprint density at radius 3 is 2.39 bits per heavy atom. The molecule has 1 aromatic heterocycles. The number of hydrogen-bond acceptors (Lipinski definition) is 8. The second kappa shape index (κ2) is 19.0. The van der Waals surface area contributed by atoms with Crippen LogP contribution in [0.5, 0.6) is 11.5 Å². The number of anilines is 1. The second-order valence-corrected chi connectivity index (χ2v) is 21.2. The summed E-state index contributed by atoms with van der Waals surface area (Å²) in [7, 11) is -2.16. The Kier molecular flexibility index (Phi) is 13.9. The normalized spacial score (nSPS) is 14.7. The number of phenolic OH excluding ortho intramolecular Hbond substituents is 1. The summed E-state index contributed by atoms with van der Waals surface area (Å²) in [5.74, 6) is 0.907. The van der Waals surface area contributed by atoms with Crippen LogP contribution in [-0.2, 0) is 15.6 Å². The number of carbonyl (C=O) groups is 1. The lowest BCUT2D eigenvalue weighted by Gasteiger charge is -2.39. The number of fused-ring (bicyclic) bond motifs is 1. The Morgan fingerprint density at radius 1 is 0.930 bits per heavy atom. The molecule has 1 fully saturated rings. The van der Waals surface area contributed by atoms with Gasteiger partial charge in [0.15, 0.2) is 8.32 Å². The number of nitrogens with one attached hydrogen (secondary N) is 3. The van der Waals surface area contributed by atoms with Gasteiger partial charge in [0, 0.05) is 43.2 Å². The molecule has 5 aromatic rings. The zero-order valence-electron chi connectivity index (χ0n) is 34.0. The fraction of sp³-hybridized carbons (Fsp3) is 0.391. The van der Waals surface area contributed by atoms with Crippen LogP contribution >= 0.6 is 0 Å². The summed E-state index contributed by atoms with van der Waals surface area (Å²) >= 11 is 0. The van der Waals surface area contributed by atoms with E-state index in [1.165, 1.54) is 11.6 Å². The highest BCUT2D eigenvalue weighted by molar-refractivity contribution is 6.74. The molecule has 0 unspecified atom stereocenters. The van der Waals surface area contributed by atoms with Crippen molar-refractivity contribution in [3.63, 3.8) is 0 Å². The molecule has 302 valence electrons. The number of piperidine rings is 1. The van der Waals surface area contributed by atoms with Crippen molar-refractivity contribution in [2.75, 3.05) is 44.6 Å². The molecule has 2 heterocycles. The van der Waals surface area contributed by atoms with Crippen LogP contribution in [0.2, 0.25) is 18.1 Å². The van der Waals surface area contributed by atoms with Crippen LogP contribution < -0.4 is 20.9 Å². The van der Waals surface area contributed by atoms with Gasteiger partial charge in [-0.05, 0) is 97.4 Å². The third-order valence-electron chi connectivity index (χ3n) is 11.3. The quantitative estimate of drug-likeness (QED) is 0.0576. The molecule has 4 aromatic carbocycles. The summed E-state index contributed by atoms with van der Waals surface area (Å²) in [6, 6.07) is 32.9. The Hall–Kier alpha value is -4.94. The molecule has 57 heavy (non-hydrogen) atoms. The average molecular weight is 791 g/mol. The second-order valence-electron chi connectivity index (χ2n) is 16.4. The van der Waals surface area contributed by atoms with Crippen LogP contribution in [0.1, 0.15) is 57.3 Å². The number of ether oxygens (including phenoxy) is 2. The summed E-state index contributed by atoms with van der Waals surface area (Å²) in [4.78, 5) is 30.0. The van der Waals surface area contributed by atoms with Crippen molar-refractivity contribution in [2.45, 2.75) is 76.8 Å². The van der Waals surface area contributed by atoms with E-state index in [1.54, 1.807) is 12.1 Å². The molecule has 0 bridgehead atoms. The largest absolute Gasteiger partial charge is 0.506 e. The number of amides is 1. The van der Waals surface area contributed by atoms with Gasteiger partial charge in [-0.25, -0.2) is 4.79 Å². The van der Waals surface area contributed by atoms with Crippen molar-refractivity contribution in [1.82, 2.24) is 15.2 Å². The smallest absolute Gasteiger partial charge is 0.411 e. The molecule has 0 saturated carbocycles. The summed E-state index contributed by atoms with van der Waals surface area (Å²) in [5.41, 5.74) is 5.09. The van der Waals surface area contributed by atoms with Gasteiger partial charge in [0.05, 0.1) is 23.9 Å². The van der Waals surface area contributed by atoms with Crippen LogP contribution in [0.3, 0.4) is 0 Å². The lowest BCUT2D eigenvalue weighted by molar-refractivity contribution is 0.0575. The zero-order chi connectivity index (χ0) is 40.4. The van der Waals surface area contributed by atoms with Crippen LogP contribution in [0.15, 0.2) is 108 Å². The number of hydrogen-bond donors (Lipinski definition) is 4. The van der Waals surface area contributed by atoms with Crippen LogP contribution in [0.4, 0.5) is 10.5 Å². The molecule has 1 aliphatic heterocycles. The Labute approximate surface area is 337 Å². The third-order valence-corrected chi connectivity index (χ3v) is 15.8. The maximum absolute atomic E-state index is 12.8. The number of pyridine rings is 1. The predicted molar refractivity (Wildman–Crippen MR) is 232 cm³/mol. The molecule has 1 saturated heterocycles. The molecular weight excluding hydrogens is 733 g/mol. The minimum atomic E-state index is -2.16. The maximum Gasteiger partial charge on any atom is 0.411 e. The lowest BCUT2D eigenvalue weighted by atomic mass is 10.0.